The van der Waals surface area contributed by atoms with E-state index < -0.39 is 7.37 Å². The zero-order valence-corrected chi connectivity index (χ0v) is 16.7. The van der Waals surface area contributed by atoms with E-state index in [-0.39, 0.29) is 5.66 Å². The van der Waals surface area contributed by atoms with Gasteiger partial charge in [0, 0.05) is 5.56 Å². The van der Waals surface area contributed by atoms with Gasteiger partial charge in [0.2, 0.25) is 0 Å². The van der Waals surface area contributed by atoms with Gasteiger partial charge in [-0.25, -0.2) is 0 Å². The first-order valence-corrected chi connectivity index (χ1v) is 11.2. The SMILES string of the molecule is CCO[P@]1(=O)C(c2ccccc2)=NN(c2ccccc2)C[C@@H]1c1ccccc1. The Morgan fingerprint density at radius 1 is 0.929 bits per heavy atom. The average Bonchev–Trinajstić information content (AvgIpc) is 2.76. The molecule has 4 nitrogen and oxygen atoms in total. The molecule has 0 spiro atoms. The van der Waals surface area contributed by atoms with Crippen molar-refractivity contribution in [3.63, 3.8) is 0 Å². The summed E-state index contributed by atoms with van der Waals surface area (Å²) >= 11 is 0. The van der Waals surface area contributed by atoms with Gasteiger partial charge in [-0.2, -0.15) is 5.10 Å². The fourth-order valence-electron chi connectivity index (χ4n) is 3.54. The number of hydrazone groups is 1. The Balaban J connectivity index is 1.90. The molecule has 3 aromatic rings. The van der Waals surface area contributed by atoms with Gasteiger partial charge in [-0.1, -0.05) is 78.9 Å². The maximum absolute atomic E-state index is 14.3. The zero-order valence-electron chi connectivity index (χ0n) is 15.8. The van der Waals surface area contributed by atoms with Crippen LogP contribution in [-0.4, -0.2) is 18.6 Å². The fourth-order valence-corrected chi connectivity index (χ4v) is 6.20. The molecule has 0 unspecified atom stereocenters. The average molecular weight is 390 g/mol. The van der Waals surface area contributed by atoms with Crippen molar-refractivity contribution in [1.29, 1.82) is 0 Å². The molecule has 4 rings (SSSR count). The molecule has 0 fully saturated rings. The molecule has 0 aromatic heterocycles. The highest BCUT2D eigenvalue weighted by Gasteiger charge is 2.45. The van der Waals surface area contributed by atoms with Crippen LogP contribution in [0, 0.1) is 0 Å². The van der Waals surface area contributed by atoms with E-state index in [0.717, 1.165) is 16.8 Å². The number of benzene rings is 3. The second kappa shape index (κ2) is 8.14. The Kier molecular flexibility index (Phi) is 5.43. The van der Waals surface area contributed by atoms with Crippen molar-refractivity contribution in [1.82, 2.24) is 0 Å². The van der Waals surface area contributed by atoms with Crippen LogP contribution in [0.2, 0.25) is 0 Å². The zero-order chi connectivity index (χ0) is 19.4. The highest BCUT2D eigenvalue weighted by atomic mass is 31.2. The van der Waals surface area contributed by atoms with Crippen molar-refractivity contribution in [2.45, 2.75) is 12.6 Å². The second-order valence-corrected chi connectivity index (χ2v) is 9.15. The number of rotatable bonds is 5. The van der Waals surface area contributed by atoms with E-state index in [1.807, 2.05) is 103 Å². The minimum Gasteiger partial charge on any atom is -0.324 e. The summed E-state index contributed by atoms with van der Waals surface area (Å²) in [7, 11) is -3.23. The highest BCUT2D eigenvalue weighted by molar-refractivity contribution is 7.77. The molecule has 1 aliphatic rings. The summed E-state index contributed by atoms with van der Waals surface area (Å²) in [5, 5.41) is 6.77. The monoisotopic (exact) mass is 390 g/mol. The first kappa shape index (κ1) is 18.7. The van der Waals surface area contributed by atoms with Crippen LogP contribution in [0.1, 0.15) is 23.7 Å². The van der Waals surface area contributed by atoms with Crippen molar-refractivity contribution < 1.29 is 9.09 Å². The molecule has 142 valence electrons. The fraction of sp³-hybridized carbons (Fsp3) is 0.174. The van der Waals surface area contributed by atoms with Crippen LogP contribution in [0.5, 0.6) is 0 Å². The van der Waals surface area contributed by atoms with Gasteiger partial charge in [0.05, 0.1) is 24.5 Å². The van der Waals surface area contributed by atoms with Crippen LogP contribution in [0.3, 0.4) is 0 Å². The number of para-hydroxylation sites is 1. The molecule has 28 heavy (non-hydrogen) atoms. The molecule has 0 aliphatic carbocycles. The maximum atomic E-state index is 14.3. The molecule has 0 bridgehead atoms. The van der Waals surface area contributed by atoms with Crippen molar-refractivity contribution >= 4 is 18.5 Å². The number of anilines is 1. The maximum Gasteiger partial charge on any atom is 0.261 e. The largest absolute Gasteiger partial charge is 0.324 e. The quantitative estimate of drug-likeness (QED) is 0.508. The van der Waals surface area contributed by atoms with Crippen molar-refractivity contribution in [2.24, 2.45) is 5.10 Å². The summed E-state index contributed by atoms with van der Waals surface area (Å²) < 4.78 is 20.3. The molecular formula is C23H23N2O2P. The summed E-state index contributed by atoms with van der Waals surface area (Å²) in [5.74, 6) is 0. The number of nitrogens with zero attached hydrogens (tertiary/aromatic N) is 2. The van der Waals surface area contributed by atoms with Crippen molar-refractivity contribution in [3.05, 3.63) is 102 Å². The van der Waals surface area contributed by atoms with Crippen LogP contribution in [0.25, 0.3) is 0 Å². The second-order valence-electron chi connectivity index (χ2n) is 6.65. The van der Waals surface area contributed by atoms with Crippen LogP contribution in [0.4, 0.5) is 5.69 Å². The molecule has 1 aliphatic heterocycles. The molecular weight excluding hydrogens is 367 g/mol. The van der Waals surface area contributed by atoms with Crippen LogP contribution in [-0.2, 0) is 9.09 Å². The molecule has 0 amide bonds. The molecule has 1 heterocycles. The van der Waals surface area contributed by atoms with Gasteiger partial charge < -0.3 is 4.52 Å². The summed E-state index contributed by atoms with van der Waals surface area (Å²) in [6, 6.07) is 29.7. The van der Waals surface area contributed by atoms with E-state index in [4.69, 9.17) is 9.63 Å². The van der Waals surface area contributed by atoms with Crippen molar-refractivity contribution in [3.8, 4) is 0 Å². The smallest absolute Gasteiger partial charge is 0.261 e. The third-order valence-corrected chi connectivity index (χ3v) is 7.72. The van der Waals surface area contributed by atoms with Gasteiger partial charge in [-0.15, -0.1) is 0 Å². The summed E-state index contributed by atoms with van der Waals surface area (Å²) in [6.45, 7) is 2.76. The lowest BCUT2D eigenvalue weighted by Gasteiger charge is -2.37. The topological polar surface area (TPSA) is 41.9 Å². The van der Waals surface area contributed by atoms with E-state index in [1.165, 1.54) is 0 Å². The minimum atomic E-state index is -3.23. The molecule has 0 N–H and O–H groups in total. The third-order valence-electron chi connectivity index (χ3n) is 4.86. The van der Waals surface area contributed by atoms with Crippen LogP contribution in [0.15, 0.2) is 96.1 Å². The van der Waals surface area contributed by atoms with E-state index in [1.54, 1.807) is 0 Å². The Morgan fingerprint density at radius 3 is 2.11 bits per heavy atom. The molecule has 3 aromatic carbocycles. The van der Waals surface area contributed by atoms with E-state index in [2.05, 4.69) is 0 Å². The summed E-state index contributed by atoms with van der Waals surface area (Å²) in [4.78, 5) is 0. The lowest BCUT2D eigenvalue weighted by Crippen LogP contribution is -2.32. The first-order chi connectivity index (χ1) is 13.7. The Morgan fingerprint density at radius 2 is 1.50 bits per heavy atom. The van der Waals surface area contributed by atoms with E-state index in [0.29, 0.717) is 18.6 Å². The van der Waals surface area contributed by atoms with Gasteiger partial charge in [0.15, 0.2) is 5.45 Å². The summed E-state index contributed by atoms with van der Waals surface area (Å²) in [6.07, 6.45) is 0. The Hall–Kier alpha value is -2.68. The molecule has 0 saturated carbocycles. The summed E-state index contributed by atoms with van der Waals surface area (Å²) in [5.41, 5.74) is 3.05. The Labute approximate surface area is 165 Å². The normalized spacial score (nSPS) is 22.0. The molecule has 5 heteroatoms. The first-order valence-electron chi connectivity index (χ1n) is 9.49. The highest BCUT2D eigenvalue weighted by Crippen LogP contribution is 2.64. The number of hydrogen-bond donors (Lipinski definition) is 0. The van der Waals surface area contributed by atoms with Gasteiger partial charge in [-0.3, -0.25) is 9.57 Å². The Bertz CT molecular complexity index is 991. The lowest BCUT2D eigenvalue weighted by molar-refractivity contribution is 0.334. The van der Waals surface area contributed by atoms with Gasteiger partial charge in [-0.05, 0) is 24.6 Å². The lowest BCUT2D eigenvalue weighted by atomic mass is 10.1. The predicted octanol–water partition coefficient (Wildman–Crippen LogP) is 5.92. The minimum absolute atomic E-state index is 0.290. The molecule has 0 saturated heterocycles. The number of hydrogen-bond acceptors (Lipinski definition) is 4. The van der Waals surface area contributed by atoms with E-state index >= 15 is 0 Å². The van der Waals surface area contributed by atoms with E-state index in [9.17, 15) is 4.57 Å². The standard InChI is InChI=1S/C23H23N2O2P/c1-2-27-28(26)22(19-12-6-3-7-13-19)18-25(21-16-10-5-11-17-21)24-23(28)20-14-8-4-9-15-20/h3-17,22H,2,18H2,1H3/t22-,28+/m1/s1. The predicted molar refractivity (Wildman–Crippen MR) is 115 cm³/mol. The van der Waals surface area contributed by atoms with Gasteiger partial charge in [0.25, 0.3) is 7.37 Å². The van der Waals surface area contributed by atoms with Crippen LogP contribution >= 0.6 is 7.37 Å². The molecule has 0 radical (unpaired) electrons. The van der Waals surface area contributed by atoms with Gasteiger partial charge >= 0.3 is 0 Å². The van der Waals surface area contributed by atoms with Crippen molar-refractivity contribution in [2.75, 3.05) is 18.2 Å². The molecule has 2 atom stereocenters. The van der Waals surface area contributed by atoms with Crippen LogP contribution < -0.4 is 5.01 Å². The third kappa shape index (κ3) is 3.54. The van der Waals surface area contributed by atoms with Gasteiger partial charge in [0.1, 0.15) is 0 Å².